The predicted octanol–water partition coefficient (Wildman–Crippen LogP) is 2.36. The smallest absolute Gasteiger partial charge is 0.331 e. The van der Waals surface area contributed by atoms with Gasteiger partial charge in [0.2, 0.25) is 0 Å². The second-order valence-electron chi connectivity index (χ2n) is 5.10. The van der Waals surface area contributed by atoms with E-state index in [1.165, 1.54) is 7.11 Å². The van der Waals surface area contributed by atoms with Crippen LogP contribution < -0.4 is 10.2 Å². The summed E-state index contributed by atoms with van der Waals surface area (Å²) in [5.74, 6) is -0.426. The fourth-order valence-corrected chi connectivity index (χ4v) is 3.08. The lowest BCUT2D eigenvalue weighted by molar-refractivity contribution is -0.135. The number of rotatable bonds is 7. The van der Waals surface area contributed by atoms with E-state index in [0.717, 1.165) is 42.2 Å². The van der Waals surface area contributed by atoms with E-state index in [1.54, 1.807) is 6.21 Å². The van der Waals surface area contributed by atoms with Gasteiger partial charge < -0.3 is 9.64 Å². The lowest BCUT2D eigenvalue weighted by atomic mass is 10.2. The van der Waals surface area contributed by atoms with Crippen LogP contribution in [0, 0.1) is 0 Å². The van der Waals surface area contributed by atoms with Crippen molar-refractivity contribution >= 4 is 52.3 Å². The Labute approximate surface area is 161 Å². The summed E-state index contributed by atoms with van der Waals surface area (Å²) >= 11 is 6.83. The zero-order valence-corrected chi connectivity index (χ0v) is 16.0. The maximum Gasteiger partial charge on any atom is 0.331 e. The molecular weight excluding hydrogens is 376 g/mol. The third-order valence-electron chi connectivity index (χ3n) is 3.45. The van der Waals surface area contributed by atoms with Gasteiger partial charge in [0.1, 0.15) is 0 Å². The summed E-state index contributed by atoms with van der Waals surface area (Å²) in [6.07, 6.45) is 2.70. The first kappa shape index (κ1) is 20.0. The second kappa shape index (κ2) is 9.98. The molecule has 0 atom stereocenters. The van der Waals surface area contributed by atoms with Gasteiger partial charge >= 0.3 is 5.97 Å². The van der Waals surface area contributed by atoms with Gasteiger partial charge in [-0.1, -0.05) is 12.1 Å². The Morgan fingerprint density at radius 3 is 2.73 bits per heavy atom. The average Bonchev–Trinajstić information content (AvgIpc) is 2.99. The highest BCUT2D eigenvalue weighted by Gasteiger charge is 2.24. The summed E-state index contributed by atoms with van der Waals surface area (Å²) in [7, 11) is 1.25. The Morgan fingerprint density at radius 2 is 2.12 bits per heavy atom. The number of anilines is 1. The number of amides is 1. The standard InChI is InChI=1S/C17H19ClN4O3S/c1-3-22(9-8-18)13-6-4-12(5-7-13)11-19-21-17-20-16(24)14(26-17)10-15(23)25-2/h4-7,10-11H,3,8-9H2,1-2H3,(H,20,21,24)/b14-10+,19-11?. The summed E-state index contributed by atoms with van der Waals surface area (Å²) in [6.45, 7) is 3.75. The fraction of sp³-hybridized carbons (Fsp3) is 0.294. The molecule has 2 rings (SSSR count). The molecule has 9 heteroatoms. The molecule has 138 valence electrons. The molecule has 1 heterocycles. The van der Waals surface area contributed by atoms with Crippen LogP contribution in [-0.4, -0.2) is 49.3 Å². The first-order valence-corrected chi connectivity index (χ1v) is 9.23. The Morgan fingerprint density at radius 1 is 1.38 bits per heavy atom. The molecule has 26 heavy (non-hydrogen) atoms. The molecule has 1 aromatic rings. The molecule has 0 spiro atoms. The number of esters is 1. The number of carbonyl (C=O) groups excluding carboxylic acids is 2. The van der Waals surface area contributed by atoms with E-state index < -0.39 is 11.9 Å². The van der Waals surface area contributed by atoms with Crippen LogP contribution in [0.15, 0.2) is 45.4 Å². The summed E-state index contributed by atoms with van der Waals surface area (Å²) < 4.78 is 4.50. The van der Waals surface area contributed by atoms with E-state index in [0.29, 0.717) is 11.0 Å². The van der Waals surface area contributed by atoms with Gasteiger partial charge in [-0.2, -0.15) is 5.10 Å². The minimum Gasteiger partial charge on any atom is -0.466 e. The van der Waals surface area contributed by atoms with Crippen molar-refractivity contribution in [3.05, 3.63) is 40.8 Å². The van der Waals surface area contributed by atoms with Crippen molar-refractivity contribution in [1.82, 2.24) is 5.32 Å². The molecule has 0 radical (unpaired) electrons. The van der Waals surface area contributed by atoms with Crippen molar-refractivity contribution in [2.24, 2.45) is 10.2 Å². The van der Waals surface area contributed by atoms with E-state index in [9.17, 15) is 9.59 Å². The second-order valence-corrected chi connectivity index (χ2v) is 6.51. The topological polar surface area (TPSA) is 83.4 Å². The third-order valence-corrected chi connectivity index (χ3v) is 4.52. The number of halogens is 1. The van der Waals surface area contributed by atoms with E-state index in [4.69, 9.17) is 11.6 Å². The third kappa shape index (κ3) is 5.60. The molecule has 1 aliphatic heterocycles. The van der Waals surface area contributed by atoms with Gasteiger partial charge in [-0.3, -0.25) is 10.1 Å². The van der Waals surface area contributed by atoms with Crippen LogP contribution >= 0.6 is 23.4 Å². The Hall–Kier alpha value is -2.32. The van der Waals surface area contributed by atoms with Crippen molar-refractivity contribution in [2.75, 3.05) is 31.0 Å². The van der Waals surface area contributed by atoms with Gasteiger partial charge in [0.05, 0.1) is 18.2 Å². The van der Waals surface area contributed by atoms with Crippen LogP contribution in [0.5, 0.6) is 0 Å². The summed E-state index contributed by atoms with van der Waals surface area (Å²) in [4.78, 5) is 25.3. The van der Waals surface area contributed by atoms with Gasteiger partial charge in [-0.25, -0.2) is 4.79 Å². The van der Waals surface area contributed by atoms with Crippen LogP contribution in [0.4, 0.5) is 5.69 Å². The normalized spacial score (nSPS) is 17.1. The van der Waals surface area contributed by atoms with Crippen LogP contribution in [0.3, 0.4) is 0 Å². The molecule has 1 saturated heterocycles. The number of ether oxygens (including phenoxy) is 1. The number of carbonyl (C=O) groups is 2. The molecule has 1 N–H and O–H groups in total. The minimum absolute atomic E-state index is 0.217. The SMILES string of the molecule is CCN(CCCl)c1ccc(C=N/N=C2/NC(=O)/C(=C\C(=O)OC)S2)cc1. The highest BCUT2D eigenvalue weighted by Crippen LogP contribution is 2.23. The fourth-order valence-electron chi connectivity index (χ4n) is 2.13. The number of hydrogen-bond donors (Lipinski definition) is 1. The molecule has 1 fully saturated rings. The van der Waals surface area contributed by atoms with Gasteiger partial charge in [0, 0.05) is 30.7 Å². The van der Waals surface area contributed by atoms with Crippen LogP contribution in [-0.2, 0) is 14.3 Å². The number of thioether (sulfide) groups is 1. The van der Waals surface area contributed by atoms with Gasteiger partial charge in [0.15, 0.2) is 5.17 Å². The maximum absolute atomic E-state index is 11.7. The molecule has 1 aromatic carbocycles. The quantitative estimate of drug-likeness (QED) is 0.252. The van der Waals surface area contributed by atoms with E-state index in [1.807, 2.05) is 24.3 Å². The Balaban J connectivity index is 2.00. The average molecular weight is 395 g/mol. The van der Waals surface area contributed by atoms with Crippen LogP contribution in [0.25, 0.3) is 0 Å². The number of alkyl halides is 1. The number of nitrogens with zero attached hydrogens (tertiary/aromatic N) is 3. The van der Waals surface area contributed by atoms with Crippen LogP contribution in [0.2, 0.25) is 0 Å². The summed E-state index contributed by atoms with van der Waals surface area (Å²) in [6, 6.07) is 7.85. The summed E-state index contributed by atoms with van der Waals surface area (Å²) in [5.41, 5.74) is 1.97. The molecule has 1 amide bonds. The Bertz CT molecular complexity index is 747. The molecule has 0 bridgehead atoms. The lowest BCUT2D eigenvalue weighted by Gasteiger charge is -2.21. The van der Waals surface area contributed by atoms with Gasteiger partial charge in [-0.15, -0.1) is 16.7 Å². The first-order valence-electron chi connectivity index (χ1n) is 7.88. The molecule has 0 aliphatic carbocycles. The highest BCUT2D eigenvalue weighted by atomic mass is 35.5. The number of nitrogens with one attached hydrogen (secondary N) is 1. The molecule has 0 aromatic heterocycles. The molecular formula is C17H19ClN4O3S. The molecule has 7 nitrogen and oxygen atoms in total. The molecule has 0 unspecified atom stereocenters. The summed E-state index contributed by atoms with van der Waals surface area (Å²) in [5, 5.41) is 10.8. The van der Waals surface area contributed by atoms with Crippen molar-refractivity contribution in [3.8, 4) is 0 Å². The van der Waals surface area contributed by atoms with Crippen molar-refractivity contribution in [3.63, 3.8) is 0 Å². The molecule has 1 aliphatic rings. The van der Waals surface area contributed by atoms with Crippen molar-refractivity contribution in [2.45, 2.75) is 6.92 Å². The largest absolute Gasteiger partial charge is 0.466 e. The zero-order chi connectivity index (χ0) is 18.9. The Kier molecular flexibility index (Phi) is 7.68. The number of benzene rings is 1. The monoisotopic (exact) mass is 394 g/mol. The predicted molar refractivity (Wildman–Crippen MR) is 106 cm³/mol. The first-order chi connectivity index (χ1) is 12.6. The number of methoxy groups -OCH3 is 1. The van der Waals surface area contributed by atoms with Gasteiger partial charge in [-0.05, 0) is 36.4 Å². The lowest BCUT2D eigenvalue weighted by Crippen LogP contribution is -2.24. The molecule has 0 saturated carbocycles. The van der Waals surface area contributed by atoms with E-state index in [-0.39, 0.29) is 4.91 Å². The van der Waals surface area contributed by atoms with Crippen molar-refractivity contribution < 1.29 is 14.3 Å². The maximum atomic E-state index is 11.7. The van der Waals surface area contributed by atoms with E-state index >= 15 is 0 Å². The van der Waals surface area contributed by atoms with E-state index in [2.05, 4.69) is 32.1 Å². The van der Waals surface area contributed by atoms with Gasteiger partial charge in [0.25, 0.3) is 5.91 Å². The zero-order valence-electron chi connectivity index (χ0n) is 14.4. The van der Waals surface area contributed by atoms with Crippen LogP contribution in [0.1, 0.15) is 12.5 Å². The number of hydrogen-bond acceptors (Lipinski definition) is 7. The number of amidine groups is 1. The highest BCUT2D eigenvalue weighted by molar-refractivity contribution is 8.18. The minimum atomic E-state index is -0.595. The van der Waals surface area contributed by atoms with Crippen molar-refractivity contribution in [1.29, 1.82) is 0 Å².